The van der Waals surface area contributed by atoms with Crippen LogP contribution in [-0.2, 0) is 38.9 Å². The first kappa shape index (κ1) is 45.3. The Kier molecular flexibility index (Phi) is 16.3. The van der Waals surface area contributed by atoms with Gasteiger partial charge >= 0.3 is 0 Å². The van der Waals surface area contributed by atoms with Gasteiger partial charge in [0.15, 0.2) is 19.7 Å². The highest BCUT2D eigenvalue weighted by molar-refractivity contribution is 7.91. The van der Waals surface area contributed by atoms with Crippen molar-refractivity contribution in [3.63, 3.8) is 0 Å². The Morgan fingerprint density at radius 3 is 1.18 bits per heavy atom. The molecule has 16 nitrogen and oxygen atoms in total. The summed E-state index contributed by atoms with van der Waals surface area (Å²) in [5.41, 5.74) is 0.583. The molecule has 4 amide bonds. The van der Waals surface area contributed by atoms with Crippen molar-refractivity contribution in [1.82, 2.24) is 20.8 Å². The number of sulfone groups is 2. The van der Waals surface area contributed by atoms with Crippen LogP contribution in [0.2, 0.25) is 0 Å². The van der Waals surface area contributed by atoms with Crippen LogP contribution in [0.5, 0.6) is 11.5 Å². The van der Waals surface area contributed by atoms with Gasteiger partial charge in [0.05, 0.1) is 32.1 Å². The first-order valence-electron chi connectivity index (χ1n) is 17.6. The highest BCUT2D eigenvalue weighted by atomic mass is 32.2. The smallest absolute Gasteiger partial charge is 0.250 e. The minimum atomic E-state index is -3.81. The van der Waals surface area contributed by atoms with Gasteiger partial charge in [-0.15, -0.1) is 11.8 Å². The molecule has 2 aliphatic heterocycles. The molecule has 18 heteroatoms. The van der Waals surface area contributed by atoms with Crippen molar-refractivity contribution in [2.24, 2.45) is 10.8 Å². The van der Waals surface area contributed by atoms with Crippen molar-refractivity contribution in [1.29, 1.82) is 0 Å². The van der Waals surface area contributed by atoms with Gasteiger partial charge in [-0.2, -0.15) is 0 Å². The van der Waals surface area contributed by atoms with Crippen LogP contribution in [0, 0.1) is 34.5 Å². The molecule has 2 saturated heterocycles. The maximum absolute atomic E-state index is 12.9. The predicted molar refractivity (Wildman–Crippen MR) is 203 cm³/mol. The number of rotatable bonds is 12. The Bertz CT molecular complexity index is 1900. The normalized spacial score (nSPS) is 15.9. The van der Waals surface area contributed by atoms with Crippen molar-refractivity contribution in [3.05, 3.63) is 48.5 Å². The number of piperidine rings is 2. The topological polar surface area (TPSA) is 226 Å². The number of hydrogen-bond acceptors (Lipinski definition) is 12. The summed E-state index contributed by atoms with van der Waals surface area (Å²) < 4.78 is 62.4. The second-order valence-corrected chi connectivity index (χ2v) is 17.3. The Hall–Kier alpha value is -5.14. The lowest BCUT2D eigenvalue weighted by Crippen LogP contribution is -2.52. The summed E-state index contributed by atoms with van der Waals surface area (Å²) >= 11 is 0. The van der Waals surface area contributed by atoms with E-state index in [1.165, 1.54) is 62.4 Å². The van der Waals surface area contributed by atoms with Crippen molar-refractivity contribution < 1.29 is 55.9 Å². The third-order valence-corrected chi connectivity index (χ3v) is 13.6. The van der Waals surface area contributed by atoms with Crippen LogP contribution in [0.3, 0.4) is 0 Å². The fourth-order valence-electron chi connectivity index (χ4n) is 6.37. The number of amides is 4. The van der Waals surface area contributed by atoms with Crippen LogP contribution in [0.4, 0.5) is 0 Å². The maximum Gasteiger partial charge on any atom is 0.250 e. The quantitative estimate of drug-likeness (QED) is 0.137. The zero-order valence-electron chi connectivity index (χ0n) is 31.8. The van der Waals surface area contributed by atoms with Gasteiger partial charge in [0, 0.05) is 40.0 Å². The molecule has 0 bridgehead atoms. The van der Waals surface area contributed by atoms with Gasteiger partial charge in [-0.1, -0.05) is 11.8 Å². The van der Waals surface area contributed by atoms with E-state index in [2.05, 4.69) is 23.7 Å². The molecule has 304 valence electrons. The summed E-state index contributed by atoms with van der Waals surface area (Å²) in [4.78, 5) is 50.9. The molecule has 0 atom stereocenters. The summed E-state index contributed by atoms with van der Waals surface area (Å²) in [5, 5.41) is 18.3. The summed E-state index contributed by atoms with van der Waals surface area (Å²) in [6, 6.07) is 11.8. The molecule has 0 aromatic heterocycles. The number of hydrogen-bond donors (Lipinski definition) is 4. The molecule has 2 aromatic carbocycles. The van der Waals surface area contributed by atoms with E-state index in [1.54, 1.807) is 34.6 Å². The molecule has 0 aliphatic carbocycles. The van der Waals surface area contributed by atoms with Crippen molar-refractivity contribution in [2.75, 3.05) is 50.9 Å². The standard InChI is InChI=1S/2C19H24N2O6S/c2*1-3-4-13-27-16-5-7-17(8-6-16)28(25,26)14-19(18(23)20-24)9-11-21(12-10-19)15(2)22/h2*5-8,24H,9-14H2,1-2H3,(H,20,23). The van der Waals surface area contributed by atoms with Gasteiger partial charge in [-0.25, -0.2) is 27.8 Å². The molecular weight excluding hydrogens is 769 g/mol. The fraction of sp³-hybridized carbons (Fsp3) is 0.474. The van der Waals surface area contributed by atoms with E-state index in [9.17, 15) is 36.0 Å². The second-order valence-electron chi connectivity index (χ2n) is 13.3. The summed E-state index contributed by atoms with van der Waals surface area (Å²) in [6.07, 6.45) is 0.592. The van der Waals surface area contributed by atoms with Gasteiger partial charge in [-0.05, 0) is 88.1 Å². The number of nitrogens with one attached hydrogen (secondary N) is 2. The molecule has 4 N–H and O–H groups in total. The SMILES string of the molecule is CC#CCOc1ccc(S(=O)(=O)CC2(C(=O)NO)CCN(C(C)=O)CC2)cc1.CC#CCOc1ccc(S(=O)(=O)CC2(C(=O)NO)CCN(C(C)=O)CC2)cc1. The van der Waals surface area contributed by atoms with E-state index in [0.717, 1.165) is 0 Å². The Morgan fingerprint density at radius 1 is 0.625 bits per heavy atom. The van der Waals surface area contributed by atoms with Crippen LogP contribution < -0.4 is 20.4 Å². The van der Waals surface area contributed by atoms with Crippen LogP contribution in [-0.4, -0.2) is 112 Å². The maximum atomic E-state index is 12.9. The largest absolute Gasteiger partial charge is 0.481 e. The lowest BCUT2D eigenvalue weighted by atomic mass is 9.79. The minimum Gasteiger partial charge on any atom is -0.481 e. The predicted octanol–water partition coefficient (Wildman–Crippen LogP) is 1.99. The molecule has 2 aliphatic rings. The molecule has 0 unspecified atom stereocenters. The second kappa shape index (κ2) is 20.1. The van der Waals surface area contributed by atoms with Crippen molar-refractivity contribution in [3.8, 4) is 35.2 Å². The molecule has 2 fully saturated rings. The highest BCUT2D eigenvalue weighted by Gasteiger charge is 2.47. The Morgan fingerprint density at radius 2 is 0.929 bits per heavy atom. The average molecular weight is 817 g/mol. The fourth-order valence-corrected chi connectivity index (χ4v) is 10.1. The first-order valence-corrected chi connectivity index (χ1v) is 20.9. The van der Waals surface area contributed by atoms with Crippen molar-refractivity contribution in [2.45, 2.75) is 63.2 Å². The van der Waals surface area contributed by atoms with Gasteiger partial charge in [0.2, 0.25) is 11.8 Å². The van der Waals surface area contributed by atoms with Crippen molar-refractivity contribution >= 4 is 43.3 Å². The van der Waals surface area contributed by atoms with E-state index >= 15 is 0 Å². The summed E-state index contributed by atoms with van der Waals surface area (Å²) in [7, 11) is -7.62. The van der Waals surface area contributed by atoms with Gasteiger partial charge in [0.1, 0.15) is 24.7 Å². The third-order valence-electron chi connectivity index (χ3n) is 9.77. The number of carbonyl (C=O) groups excluding carboxylic acids is 4. The number of carbonyl (C=O) groups is 4. The number of likely N-dealkylation sites (tertiary alicyclic amines) is 2. The molecule has 0 spiro atoms. The molecule has 2 heterocycles. The zero-order valence-corrected chi connectivity index (χ0v) is 33.4. The van der Waals surface area contributed by atoms with E-state index < -0.39 is 53.8 Å². The van der Waals surface area contributed by atoms with Crippen LogP contribution in [0.1, 0.15) is 53.4 Å². The van der Waals surface area contributed by atoms with Crippen LogP contribution >= 0.6 is 0 Å². The molecule has 2 aromatic rings. The number of ether oxygens (including phenoxy) is 2. The molecular formula is C38H48N4O12S2. The molecule has 4 rings (SSSR count). The first-order chi connectivity index (χ1) is 26.5. The van der Waals surface area contributed by atoms with E-state index in [1.807, 2.05) is 0 Å². The lowest BCUT2D eigenvalue weighted by molar-refractivity contribution is -0.144. The summed E-state index contributed by atoms with van der Waals surface area (Å²) in [6.45, 7) is 7.65. The third kappa shape index (κ3) is 11.9. The molecule has 0 radical (unpaired) electrons. The summed E-state index contributed by atoms with van der Waals surface area (Å²) in [5.74, 6) is 9.16. The van der Waals surface area contributed by atoms with Gasteiger partial charge in [-0.3, -0.25) is 29.6 Å². The molecule has 0 saturated carbocycles. The molecule has 56 heavy (non-hydrogen) atoms. The van der Waals surface area contributed by atoms with E-state index in [4.69, 9.17) is 19.9 Å². The van der Waals surface area contributed by atoms with Gasteiger partial charge < -0.3 is 19.3 Å². The van der Waals surface area contributed by atoms with E-state index in [0.29, 0.717) is 11.5 Å². The van der Waals surface area contributed by atoms with Crippen LogP contribution in [0.25, 0.3) is 0 Å². The number of nitrogens with zero attached hydrogens (tertiary/aromatic N) is 2. The number of hydroxylamine groups is 2. The average Bonchev–Trinajstić information content (AvgIpc) is 3.18. The van der Waals surface area contributed by atoms with Crippen LogP contribution in [0.15, 0.2) is 58.3 Å². The monoisotopic (exact) mass is 816 g/mol. The Labute approximate surface area is 327 Å². The van der Waals surface area contributed by atoms with E-state index in [-0.39, 0.29) is 86.7 Å². The highest BCUT2D eigenvalue weighted by Crippen LogP contribution is 2.37. The minimum absolute atomic E-state index is 0.0561. The Balaban J connectivity index is 0.000000300. The lowest BCUT2D eigenvalue weighted by Gasteiger charge is -2.39. The van der Waals surface area contributed by atoms with Gasteiger partial charge in [0.25, 0.3) is 11.8 Å². The zero-order chi connectivity index (χ0) is 41.6. The number of benzene rings is 2.